The van der Waals surface area contributed by atoms with Gasteiger partial charge in [0.15, 0.2) is 6.29 Å². The van der Waals surface area contributed by atoms with Crippen LogP contribution in [0.4, 0.5) is 0 Å². The summed E-state index contributed by atoms with van der Waals surface area (Å²) >= 11 is 0. The van der Waals surface area contributed by atoms with Gasteiger partial charge in [-0.05, 0) is 87.3 Å². The first-order valence-corrected chi connectivity index (χ1v) is 19.2. The molecule has 0 amide bonds. The predicted molar refractivity (Wildman–Crippen MR) is 198 cm³/mol. The molecule has 4 aliphatic heterocycles. The molecule has 13 nitrogen and oxygen atoms in total. The van der Waals surface area contributed by atoms with E-state index in [1.54, 1.807) is 13.8 Å². The molecule has 2 aromatic rings. The summed E-state index contributed by atoms with van der Waals surface area (Å²) < 4.78 is 24.9. The van der Waals surface area contributed by atoms with Gasteiger partial charge in [-0.2, -0.15) is 0 Å². The Bertz CT molecular complexity index is 2080. The van der Waals surface area contributed by atoms with Crippen molar-refractivity contribution in [3.8, 4) is 17.2 Å². The SMILES string of the molecule is CCOC(=O)C1=C(C=O)/C2=C3\C[C@H](CO)C(=O)[C@H](C3)c3cc4c(cc3CC[C@@H](CO)COc3c5c(c(CO)c(c32)O1)O[C@H]([C@@](C)(O)CCCCO)C5)=NCC=4. The van der Waals surface area contributed by atoms with Gasteiger partial charge in [0.1, 0.15) is 29.1 Å². The average molecular weight is 760 g/mol. The third-order valence-electron chi connectivity index (χ3n) is 11.7. The number of aliphatic hydroxyl groups is 5. The number of aldehydes is 1. The molecule has 1 aliphatic carbocycles. The predicted octanol–water partition coefficient (Wildman–Crippen LogP) is 1.66. The van der Waals surface area contributed by atoms with E-state index in [4.69, 9.17) is 18.9 Å². The van der Waals surface area contributed by atoms with Crippen LogP contribution in [0.15, 0.2) is 34.0 Å². The van der Waals surface area contributed by atoms with Crippen LogP contribution in [0.5, 0.6) is 17.2 Å². The van der Waals surface area contributed by atoms with E-state index in [-0.39, 0.29) is 96.9 Å². The van der Waals surface area contributed by atoms with Crippen LogP contribution in [0.2, 0.25) is 0 Å². The average Bonchev–Trinajstić information content (AvgIpc) is 3.84. The van der Waals surface area contributed by atoms with E-state index in [0.717, 1.165) is 21.7 Å². The molecule has 5 atom stereocenters. The fourth-order valence-corrected chi connectivity index (χ4v) is 8.74. The number of carbonyl (C=O) groups is 3. The van der Waals surface area contributed by atoms with Crippen molar-refractivity contribution in [2.45, 2.75) is 89.4 Å². The van der Waals surface area contributed by atoms with Crippen LogP contribution in [-0.2, 0) is 38.6 Å². The van der Waals surface area contributed by atoms with Gasteiger partial charge in [0.2, 0.25) is 5.76 Å². The number of allylic oxidation sites excluding steroid dienone is 3. The van der Waals surface area contributed by atoms with Gasteiger partial charge in [-0.15, -0.1) is 0 Å². The van der Waals surface area contributed by atoms with E-state index in [0.29, 0.717) is 56.1 Å². The number of nitrogens with zero attached hydrogens (tertiary/aromatic N) is 1. The zero-order chi connectivity index (χ0) is 39.0. The van der Waals surface area contributed by atoms with Crippen LogP contribution in [0, 0.1) is 11.8 Å². The Balaban J connectivity index is 1.52. The van der Waals surface area contributed by atoms with Gasteiger partial charge in [-0.3, -0.25) is 14.6 Å². The minimum atomic E-state index is -1.36. The molecular weight excluding hydrogens is 710 g/mol. The van der Waals surface area contributed by atoms with Crippen molar-refractivity contribution in [1.29, 1.82) is 0 Å². The second-order valence-corrected chi connectivity index (χ2v) is 15.3. The highest BCUT2D eigenvalue weighted by Gasteiger charge is 2.47. The highest BCUT2D eigenvalue weighted by molar-refractivity contribution is 6.11. The molecule has 1 saturated carbocycles. The van der Waals surface area contributed by atoms with Crippen molar-refractivity contribution < 1.29 is 58.9 Å². The Hall–Kier alpha value is -4.40. The number of Topliss-reactive ketones (excluding diaryl/α,β-unsaturated/α-hetero) is 1. The molecule has 0 radical (unpaired) electrons. The molecule has 0 unspecified atom stereocenters. The lowest BCUT2D eigenvalue weighted by atomic mass is 9.70. The molecule has 1 fully saturated rings. The maximum atomic E-state index is 14.3. The summed E-state index contributed by atoms with van der Waals surface area (Å²) in [5.74, 6) is -2.94. The number of ether oxygens (including phenoxy) is 4. The Morgan fingerprint density at radius 2 is 1.89 bits per heavy atom. The summed E-state index contributed by atoms with van der Waals surface area (Å²) in [5, 5.41) is 55.1. The van der Waals surface area contributed by atoms with Gasteiger partial charge in [-0.1, -0.05) is 11.6 Å². The van der Waals surface area contributed by atoms with Gasteiger partial charge < -0.3 is 44.5 Å². The van der Waals surface area contributed by atoms with Gasteiger partial charge in [-0.25, -0.2) is 4.79 Å². The van der Waals surface area contributed by atoms with Crippen molar-refractivity contribution in [1.82, 2.24) is 0 Å². The molecule has 2 bridgehead atoms. The summed E-state index contributed by atoms with van der Waals surface area (Å²) in [6.45, 7) is 2.48. The number of aliphatic hydroxyl groups excluding tert-OH is 4. The molecule has 0 aromatic heterocycles. The molecule has 55 heavy (non-hydrogen) atoms. The first-order valence-electron chi connectivity index (χ1n) is 19.2. The number of carbonyl (C=O) groups excluding carboxylic acids is 3. The second-order valence-electron chi connectivity index (χ2n) is 15.3. The summed E-state index contributed by atoms with van der Waals surface area (Å²) in [4.78, 5) is 45.8. The molecular formula is C42H49NO12. The molecule has 13 heteroatoms. The van der Waals surface area contributed by atoms with Gasteiger partial charge in [0, 0.05) is 48.5 Å². The normalized spacial score (nSPS) is 25.1. The molecule has 7 rings (SSSR count). The fourth-order valence-electron chi connectivity index (χ4n) is 8.74. The van der Waals surface area contributed by atoms with E-state index in [1.165, 1.54) is 0 Å². The van der Waals surface area contributed by atoms with E-state index in [1.807, 2.05) is 18.2 Å². The van der Waals surface area contributed by atoms with Crippen molar-refractivity contribution >= 4 is 29.7 Å². The fraction of sp³-hybridized carbons (Fsp3) is 0.524. The summed E-state index contributed by atoms with van der Waals surface area (Å²) in [6, 6.07) is 3.98. The molecule has 0 saturated heterocycles. The summed E-state index contributed by atoms with van der Waals surface area (Å²) in [5.41, 5.74) is 2.03. The van der Waals surface area contributed by atoms with Crippen molar-refractivity contribution in [3.05, 3.63) is 67.4 Å². The topological polar surface area (TPSA) is 202 Å². The van der Waals surface area contributed by atoms with Crippen molar-refractivity contribution in [3.63, 3.8) is 0 Å². The lowest BCUT2D eigenvalue weighted by Crippen LogP contribution is -2.42. The number of aryl methyl sites for hydroxylation is 1. The quantitative estimate of drug-likeness (QED) is 0.126. The first kappa shape index (κ1) is 38.9. The summed E-state index contributed by atoms with van der Waals surface area (Å²) in [7, 11) is 0. The van der Waals surface area contributed by atoms with Crippen LogP contribution < -0.4 is 24.8 Å². The lowest BCUT2D eigenvalue weighted by Gasteiger charge is -2.34. The highest BCUT2D eigenvalue weighted by atomic mass is 16.6. The molecule has 294 valence electrons. The van der Waals surface area contributed by atoms with Crippen molar-refractivity contribution in [2.24, 2.45) is 16.8 Å². The highest BCUT2D eigenvalue weighted by Crippen LogP contribution is 2.57. The number of benzene rings is 2. The van der Waals surface area contributed by atoms with Crippen LogP contribution in [0.1, 0.15) is 86.1 Å². The number of hydrogen-bond donors (Lipinski definition) is 5. The lowest BCUT2D eigenvalue weighted by molar-refractivity contribution is -0.141. The minimum absolute atomic E-state index is 0.00632. The Morgan fingerprint density at radius 1 is 1.07 bits per heavy atom. The zero-order valence-electron chi connectivity index (χ0n) is 31.3. The van der Waals surface area contributed by atoms with Gasteiger partial charge in [0.25, 0.3) is 0 Å². The van der Waals surface area contributed by atoms with Crippen LogP contribution in [0.25, 0.3) is 11.6 Å². The largest absolute Gasteiger partial charge is 0.492 e. The minimum Gasteiger partial charge on any atom is -0.492 e. The van der Waals surface area contributed by atoms with E-state index >= 15 is 0 Å². The number of fused-ring (bicyclic) bond motifs is 7. The number of hydrogen-bond acceptors (Lipinski definition) is 13. The zero-order valence-corrected chi connectivity index (χ0v) is 31.3. The molecule has 5 N–H and O–H groups in total. The van der Waals surface area contributed by atoms with Crippen LogP contribution in [-0.4, -0.2) is 94.9 Å². The molecule has 2 aromatic carbocycles. The maximum Gasteiger partial charge on any atom is 0.375 e. The molecule has 5 aliphatic rings. The van der Waals surface area contributed by atoms with E-state index < -0.39 is 48.5 Å². The third kappa shape index (κ3) is 7.01. The van der Waals surface area contributed by atoms with Gasteiger partial charge >= 0.3 is 5.97 Å². The van der Waals surface area contributed by atoms with Crippen LogP contribution >= 0.6 is 0 Å². The Morgan fingerprint density at radius 3 is 2.60 bits per heavy atom. The smallest absolute Gasteiger partial charge is 0.375 e. The first-order chi connectivity index (χ1) is 26.6. The summed E-state index contributed by atoms with van der Waals surface area (Å²) in [6.07, 6.45) is 4.39. The number of rotatable bonds is 11. The standard InChI is InChI=1S/C42H49NO12/c1-3-52-41(50)40-30(19-47)34-25-12-26(18-46)36(49)28(14-25)27-13-24-8-10-43-32(24)15-23(27)7-6-22(17-45)21-53-38-29-16-33(42(2,51)9-4-5-11-44)54-37(29)31(20-48)39(55-40)35(34)38/h8,13,15,19,22,26,28,33,44-46,48,51H,3-7,9-12,14,16-18,20-21H2,1-2H3/b34-25-/t22-,26+,28+,33-,42-/m0/s1. The van der Waals surface area contributed by atoms with Gasteiger partial charge in [0.05, 0.1) is 60.6 Å². The Labute approximate surface area is 318 Å². The number of esters is 1. The molecule has 0 spiro atoms. The second kappa shape index (κ2) is 16.0. The van der Waals surface area contributed by atoms with Crippen LogP contribution in [0.3, 0.4) is 0 Å². The monoisotopic (exact) mass is 759 g/mol. The van der Waals surface area contributed by atoms with E-state index in [2.05, 4.69) is 4.99 Å². The maximum absolute atomic E-state index is 14.3. The third-order valence-corrected chi connectivity index (χ3v) is 11.7. The van der Waals surface area contributed by atoms with Crippen molar-refractivity contribution in [2.75, 3.05) is 39.6 Å². The number of unbranched alkanes of at least 4 members (excludes halogenated alkanes) is 1. The molecule has 4 heterocycles. The van der Waals surface area contributed by atoms with E-state index in [9.17, 15) is 39.9 Å². The Kier molecular flexibility index (Phi) is 11.3. The number of ketones is 1.